The number of likely N-dealkylation sites (N-methyl/N-ethyl adjacent to an activating group) is 1. The Morgan fingerprint density at radius 3 is 2.25 bits per heavy atom. The quantitative estimate of drug-likeness (QED) is 0.660. The molecule has 0 bridgehead atoms. The third kappa shape index (κ3) is 3.43. The second kappa shape index (κ2) is 5.61. The molecule has 1 heterocycles. The number of nitrogens with zero attached hydrogens (tertiary/aromatic N) is 2. The fourth-order valence-electron chi connectivity index (χ4n) is 2.03. The van der Waals surface area contributed by atoms with Gasteiger partial charge in [-0.15, -0.1) is 0 Å². The van der Waals surface area contributed by atoms with Gasteiger partial charge in [0.25, 0.3) is 0 Å². The van der Waals surface area contributed by atoms with Crippen molar-refractivity contribution in [3.63, 3.8) is 0 Å². The molecule has 0 radical (unpaired) electrons. The monoisotopic (exact) mass is 229 g/mol. The predicted octanol–water partition coefficient (Wildman–Crippen LogP) is -0.486. The molecule has 0 aromatic rings. The molecular weight excluding hydrogens is 206 g/mol. The van der Waals surface area contributed by atoms with E-state index in [2.05, 4.69) is 16.7 Å². The molecule has 1 fully saturated rings. The largest absolute Gasteiger partial charge is 0.468 e. The van der Waals surface area contributed by atoms with Crippen molar-refractivity contribution in [1.29, 1.82) is 0 Å². The van der Waals surface area contributed by atoms with Gasteiger partial charge in [0.1, 0.15) is 5.54 Å². The highest BCUT2D eigenvalue weighted by Crippen LogP contribution is 2.08. The van der Waals surface area contributed by atoms with Crippen LogP contribution in [0, 0.1) is 0 Å². The molecule has 1 rings (SSSR count). The van der Waals surface area contributed by atoms with Gasteiger partial charge in [-0.05, 0) is 13.5 Å². The van der Waals surface area contributed by atoms with Gasteiger partial charge in [-0.1, -0.05) is 6.92 Å². The normalized spacial score (nSPS) is 22.8. The third-order valence-corrected chi connectivity index (χ3v) is 3.12. The Morgan fingerprint density at radius 1 is 1.31 bits per heavy atom. The molecule has 1 aliphatic rings. The highest BCUT2D eigenvalue weighted by Gasteiger charge is 2.32. The fourth-order valence-corrected chi connectivity index (χ4v) is 2.03. The summed E-state index contributed by atoms with van der Waals surface area (Å²) >= 11 is 0. The van der Waals surface area contributed by atoms with Crippen LogP contribution in [0.2, 0.25) is 0 Å². The van der Waals surface area contributed by atoms with Gasteiger partial charge in [0.15, 0.2) is 0 Å². The van der Waals surface area contributed by atoms with E-state index in [4.69, 9.17) is 10.5 Å². The first-order valence-electron chi connectivity index (χ1n) is 5.81. The van der Waals surface area contributed by atoms with Crippen LogP contribution in [0.3, 0.4) is 0 Å². The van der Waals surface area contributed by atoms with Gasteiger partial charge in [-0.2, -0.15) is 0 Å². The van der Waals surface area contributed by atoms with Crippen LogP contribution in [-0.2, 0) is 9.53 Å². The van der Waals surface area contributed by atoms with Crippen LogP contribution in [-0.4, -0.2) is 67.7 Å². The lowest BCUT2D eigenvalue weighted by Crippen LogP contribution is -2.57. The van der Waals surface area contributed by atoms with Gasteiger partial charge in [0, 0.05) is 32.7 Å². The summed E-state index contributed by atoms with van der Waals surface area (Å²) in [5.74, 6) is -0.342. The molecule has 1 unspecified atom stereocenters. The van der Waals surface area contributed by atoms with Gasteiger partial charge < -0.3 is 15.4 Å². The number of esters is 1. The number of hydrogen-bond acceptors (Lipinski definition) is 5. The Labute approximate surface area is 97.5 Å². The smallest absolute Gasteiger partial charge is 0.326 e. The SMILES string of the molecule is CCN1CCN(CC(C)(N)C(=O)OC)CC1. The summed E-state index contributed by atoms with van der Waals surface area (Å²) in [5, 5.41) is 0. The van der Waals surface area contributed by atoms with E-state index in [1.807, 2.05) is 0 Å². The van der Waals surface area contributed by atoms with Gasteiger partial charge in [-0.25, -0.2) is 0 Å². The summed E-state index contributed by atoms with van der Waals surface area (Å²) in [5.41, 5.74) is 5.04. The highest BCUT2D eigenvalue weighted by atomic mass is 16.5. The zero-order valence-corrected chi connectivity index (χ0v) is 10.5. The maximum atomic E-state index is 11.4. The molecule has 16 heavy (non-hydrogen) atoms. The van der Waals surface area contributed by atoms with E-state index in [1.54, 1.807) is 6.92 Å². The molecule has 1 atom stereocenters. The van der Waals surface area contributed by atoms with Crippen LogP contribution in [0.1, 0.15) is 13.8 Å². The van der Waals surface area contributed by atoms with Crippen molar-refractivity contribution in [2.24, 2.45) is 5.73 Å². The standard InChI is InChI=1S/C11H23N3O2/c1-4-13-5-7-14(8-6-13)9-11(2,12)10(15)16-3/h4-9,12H2,1-3H3. The van der Waals surface area contributed by atoms with Crippen molar-refractivity contribution < 1.29 is 9.53 Å². The third-order valence-electron chi connectivity index (χ3n) is 3.12. The summed E-state index contributed by atoms with van der Waals surface area (Å²) in [7, 11) is 1.38. The molecule has 94 valence electrons. The minimum atomic E-state index is -0.900. The topological polar surface area (TPSA) is 58.8 Å². The molecule has 1 saturated heterocycles. The first-order chi connectivity index (χ1) is 7.49. The molecule has 1 aliphatic heterocycles. The van der Waals surface area contributed by atoms with E-state index in [9.17, 15) is 4.79 Å². The Kier molecular flexibility index (Phi) is 4.70. The van der Waals surface area contributed by atoms with Crippen LogP contribution < -0.4 is 5.73 Å². The lowest BCUT2D eigenvalue weighted by molar-refractivity contribution is -0.147. The minimum absolute atomic E-state index is 0.342. The molecule has 5 heteroatoms. The predicted molar refractivity (Wildman–Crippen MR) is 63.2 cm³/mol. The number of nitrogens with two attached hydrogens (primary N) is 1. The van der Waals surface area contributed by atoms with Crippen LogP contribution in [0.25, 0.3) is 0 Å². The van der Waals surface area contributed by atoms with Crippen LogP contribution >= 0.6 is 0 Å². The first-order valence-corrected chi connectivity index (χ1v) is 5.81. The molecule has 2 N–H and O–H groups in total. The van der Waals surface area contributed by atoms with Crippen molar-refractivity contribution in [2.75, 3.05) is 46.4 Å². The van der Waals surface area contributed by atoms with Crippen molar-refractivity contribution in [2.45, 2.75) is 19.4 Å². The van der Waals surface area contributed by atoms with Crippen molar-refractivity contribution in [1.82, 2.24) is 9.80 Å². The van der Waals surface area contributed by atoms with E-state index >= 15 is 0 Å². The highest BCUT2D eigenvalue weighted by molar-refractivity contribution is 5.80. The summed E-state index contributed by atoms with van der Waals surface area (Å²) in [6.45, 7) is 9.58. The summed E-state index contributed by atoms with van der Waals surface area (Å²) in [6.07, 6.45) is 0. The maximum Gasteiger partial charge on any atom is 0.326 e. The van der Waals surface area contributed by atoms with Crippen LogP contribution in [0.15, 0.2) is 0 Å². The summed E-state index contributed by atoms with van der Waals surface area (Å²) in [4.78, 5) is 16.1. The zero-order chi connectivity index (χ0) is 12.2. The van der Waals surface area contributed by atoms with Crippen LogP contribution in [0.5, 0.6) is 0 Å². The van der Waals surface area contributed by atoms with Gasteiger partial charge in [0.2, 0.25) is 0 Å². The number of ether oxygens (including phenoxy) is 1. The molecular formula is C11H23N3O2. The lowest BCUT2D eigenvalue weighted by Gasteiger charge is -2.37. The van der Waals surface area contributed by atoms with Gasteiger partial charge in [0.05, 0.1) is 7.11 Å². The Morgan fingerprint density at radius 2 is 1.81 bits per heavy atom. The van der Waals surface area contributed by atoms with E-state index in [-0.39, 0.29) is 5.97 Å². The molecule has 0 aromatic heterocycles. The molecule has 0 saturated carbocycles. The summed E-state index contributed by atoms with van der Waals surface area (Å²) in [6, 6.07) is 0. The Bertz CT molecular complexity index is 235. The maximum absolute atomic E-state index is 11.4. The van der Waals surface area contributed by atoms with Crippen molar-refractivity contribution in [3.05, 3.63) is 0 Å². The Balaban J connectivity index is 2.41. The van der Waals surface area contributed by atoms with E-state index in [0.29, 0.717) is 6.54 Å². The number of rotatable bonds is 4. The van der Waals surface area contributed by atoms with Gasteiger partial charge in [-0.3, -0.25) is 9.69 Å². The average Bonchev–Trinajstić information content (AvgIpc) is 2.28. The van der Waals surface area contributed by atoms with E-state index in [0.717, 1.165) is 32.7 Å². The molecule has 0 aliphatic carbocycles. The zero-order valence-electron chi connectivity index (χ0n) is 10.5. The number of carbonyl (C=O) groups is 1. The molecule has 5 nitrogen and oxygen atoms in total. The van der Waals surface area contributed by atoms with Crippen molar-refractivity contribution >= 4 is 5.97 Å². The van der Waals surface area contributed by atoms with E-state index < -0.39 is 5.54 Å². The van der Waals surface area contributed by atoms with Crippen LogP contribution in [0.4, 0.5) is 0 Å². The minimum Gasteiger partial charge on any atom is -0.468 e. The van der Waals surface area contributed by atoms with Gasteiger partial charge >= 0.3 is 5.97 Å². The number of piperazine rings is 1. The first kappa shape index (κ1) is 13.4. The lowest BCUT2D eigenvalue weighted by atomic mass is 10.0. The second-order valence-corrected chi connectivity index (χ2v) is 4.62. The molecule has 0 spiro atoms. The number of methoxy groups -OCH3 is 1. The van der Waals surface area contributed by atoms with E-state index in [1.165, 1.54) is 7.11 Å². The fraction of sp³-hybridized carbons (Fsp3) is 0.909. The number of hydrogen-bond donors (Lipinski definition) is 1. The Hall–Kier alpha value is -0.650. The second-order valence-electron chi connectivity index (χ2n) is 4.62. The van der Waals surface area contributed by atoms with Crippen molar-refractivity contribution in [3.8, 4) is 0 Å². The molecule has 0 amide bonds. The average molecular weight is 229 g/mol. The molecule has 0 aromatic carbocycles. The number of carbonyl (C=O) groups excluding carboxylic acids is 1. The summed E-state index contributed by atoms with van der Waals surface area (Å²) < 4.78 is 4.70.